The van der Waals surface area contributed by atoms with Crippen molar-refractivity contribution in [2.75, 3.05) is 12.4 Å². The summed E-state index contributed by atoms with van der Waals surface area (Å²) >= 11 is 0. The number of methoxy groups -OCH3 is 1. The maximum Gasteiger partial charge on any atom is 0.123 e. The topological polar surface area (TPSA) is 21.3 Å². The molecule has 0 aromatic heterocycles. The zero-order chi connectivity index (χ0) is 12.8. The van der Waals surface area contributed by atoms with Crippen molar-refractivity contribution in [1.29, 1.82) is 0 Å². The number of hydrogen-bond donors (Lipinski definition) is 1. The van der Waals surface area contributed by atoms with Crippen LogP contribution in [-0.2, 0) is 13.0 Å². The van der Waals surface area contributed by atoms with E-state index in [9.17, 15) is 0 Å². The van der Waals surface area contributed by atoms with Gasteiger partial charge in [0.15, 0.2) is 0 Å². The molecule has 18 heavy (non-hydrogen) atoms. The number of para-hydroxylation sites is 1. The lowest BCUT2D eigenvalue weighted by Crippen LogP contribution is -2.01. The molecule has 0 aliphatic heterocycles. The van der Waals surface area contributed by atoms with Crippen LogP contribution in [0.5, 0.6) is 5.75 Å². The molecule has 0 atom stereocenters. The molecular weight excluding hydrogens is 222 g/mol. The Morgan fingerprint density at radius 3 is 2.39 bits per heavy atom. The van der Waals surface area contributed by atoms with Crippen LogP contribution in [-0.4, -0.2) is 7.11 Å². The molecule has 0 fully saturated rings. The van der Waals surface area contributed by atoms with Crippen molar-refractivity contribution in [3.8, 4) is 5.75 Å². The van der Waals surface area contributed by atoms with Crippen LogP contribution >= 0.6 is 0 Å². The second-order valence-corrected chi connectivity index (χ2v) is 4.22. The molecule has 0 unspecified atom stereocenters. The molecule has 0 aliphatic carbocycles. The van der Waals surface area contributed by atoms with E-state index in [1.54, 1.807) is 7.11 Å². The Balaban J connectivity index is 2.02. The standard InChI is InChI=1S/C16H19NO/c1-3-13-8-10-15(11-9-13)17-12-14-6-4-5-7-16(14)18-2/h4-11,17H,3,12H2,1-2H3. The van der Waals surface area contributed by atoms with Crippen molar-refractivity contribution in [2.24, 2.45) is 0 Å². The minimum absolute atomic E-state index is 0.773. The Hall–Kier alpha value is -1.96. The molecule has 0 saturated carbocycles. The molecule has 2 nitrogen and oxygen atoms in total. The van der Waals surface area contributed by atoms with Crippen LogP contribution in [0.4, 0.5) is 5.69 Å². The third kappa shape index (κ3) is 3.04. The second-order valence-electron chi connectivity index (χ2n) is 4.22. The van der Waals surface area contributed by atoms with Gasteiger partial charge in [-0.15, -0.1) is 0 Å². The van der Waals surface area contributed by atoms with E-state index in [1.807, 2.05) is 18.2 Å². The number of rotatable bonds is 5. The molecule has 2 aromatic carbocycles. The highest BCUT2D eigenvalue weighted by Gasteiger charge is 2.01. The zero-order valence-electron chi connectivity index (χ0n) is 10.9. The summed E-state index contributed by atoms with van der Waals surface area (Å²) in [6.07, 6.45) is 1.08. The fourth-order valence-electron chi connectivity index (χ4n) is 1.90. The van der Waals surface area contributed by atoms with Crippen LogP contribution in [0.1, 0.15) is 18.1 Å². The highest BCUT2D eigenvalue weighted by molar-refractivity contribution is 5.46. The maximum atomic E-state index is 5.33. The van der Waals surface area contributed by atoms with Gasteiger partial charge in [-0.25, -0.2) is 0 Å². The number of aryl methyl sites for hydroxylation is 1. The van der Waals surface area contributed by atoms with Gasteiger partial charge in [-0.1, -0.05) is 37.3 Å². The van der Waals surface area contributed by atoms with Crippen LogP contribution in [0.2, 0.25) is 0 Å². The first kappa shape index (κ1) is 12.5. The number of hydrogen-bond acceptors (Lipinski definition) is 2. The molecule has 94 valence electrons. The SMILES string of the molecule is CCc1ccc(NCc2ccccc2OC)cc1. The van der Waals surface area contributed by atoms with Gasteiger partial charge in [-0.05, 0) is 30.2 Å². The Morgan fingerprint density at radius 1 is 1.00 bits per heavy atom. The van der Waals surface area contributed by atoms with Gasteiger partial charge >= 0.3 is 0 Å². The maximum absolute atomic E-state index is 5.33. The predicted octanol–water partition coefficient (Wildman–Crippen LogP) is 3.87. The van der Waals surface area contributed by atoms with Gasteiger partial charge in [0.25, 0.3) is 0 Å². The normalized spacial score (nSPS) is 10.1. The first-order chi connectivity index (χ1) is 8.83. The quantitative estimate of drug-likeness (QED) is 0.858. The van der Waals surface area contributed by atoms with Gasteiger partial charge in [0, 0.05) is 17.8 Å². The van der Waals surface area contributed by atoms with E-state index >= 15 is 0 Å². The van der Waals surface area contributed by atoms with E-state index in [2.05, 4.69) is 42.6 Å². The second kappa shape index (κ2) is 6.10. The highest BCUT2D eigenvalue weighted by atomic mass is 16.5. The summed E-state index contributed by atoms with van der Waals surface area (Å²) < 4.78 is 5.33. The molecule has 2 aromatic rings. The molecule has 2 heteroatoms. The van der Waals surface area contributed by atoms with Gasteiger partial charge < -0.3 is 10.1 Å². The van der Waals surface area contributed by atoms with E-state index in [-0.39, 0.29) is 0 Å². The lowest BCUT2D eigenvalue weighted by atomic mass is 10.1. The zero-order valence-corrected chi connectivity index (χ0v) is 10.9. The average Bonchev–Trinajstić information content (AvgIpc) is 2.46. The Morgan fingerprint density at radius 2 is 1.72 bits per heavy atom. The smallest absolute Gasteiger partial charge is 0.123 e. The summed E-state index contributed by atoms with van der Waals surface area (Å²) in [5.41, 5.74) is 3.66. The number of benzene rings is 2. The molecule has 0 saturated heterocycles. The van der Waals surface area contributed by atoms with E-state index in [4.69, 9.17) is 4.74 Å². The summed E-state index contributed by atoms with van der Waals surface area (Å²) in [5, 5.41) is 3.41. The average molecular weight is 241 g/mol. The van der Waals surface area contributed by atoms with Crippen LogP contribution in [0.3, 0.4) is 0 Å². The van der Waals surface area contributed by atoms with Crippen molar-refractivity contribution in [3.05, 3.63) is 59.7 Å². The largest absolute Gasteiger partial charge is 0.496 e. The fourth-order valence-corrected chi connectivity index (χ4v) is 1.90. The van der Waals surface area contributed by atoms with Crippen LogP contribution in [0, 0.1) is 0 Å². The third-order valence-electron chi connectivity index (χ3n) is 3.04. The van der Waals surface area contributed by atoms with Crippen molar-refractivity contribution < 1.29 is 4.74 Å². The van der Waals surface area contributed by atoms with Gasteiger partial charge in [0.05, 0.1) is 7.11 Å². The lowest BCUT2D eigenvalue weighted by Gasteiger charge is -2.10. The monoisotopic (exact) mass is 241 g/mol. The summed E-state index contributed by atoms with van der Waals surface area (Å²) in [5.74, 6) is 0.926. The summed E-state index contributed by atoms with van der Waals surface area (Å²) in [7, 11) is 1.70. The van der Waals surface area contributed by atoms with Crippen LogP contribution in [0.15, 0.2) is 48.5 Å². The van der Waals surface area contributed by atoms with Gasteiger partial charge in [0.2, 0.25) is 0 Å². The third-order valence-corrected chi connectivity index (χ3v) is 3.04. The molecular formula is C16H19NO. The highest BCUT2D eigenvalue weighted by Crippen LogP contribution is 2.19. The van der Waals surface area contributed by atoms with E-state index in [1.165, 1.54) is 11.1 Å². The van der Waals surface area contributed by atoms with Crippen LogP contribution in [0.25, 0.3) is 0 Å². The minimum Gasteiger partial charge on any atom is -0.496 e. The predicted molar refractivity (Wildman–Crippen MR) is 76.1 cm³/mol. The van der Waals surface area contributed by atoms with Crippen LogP contribution < -0.4 is 10.1 Å². The Kier molecular flexibility index (Phi) is 4.24. The molecule has 0 spiro atoms. The number of anilines is 1. The first-order valence-electron chi connectivity index (χ1n) is 6.28. The number of ether oxygens (including phenoxy) is 1. The molecule has 0 radical (unpaired) electrons. The van der Waals surface area contributed by atoms with E-state index < -0.39 is 0 Å². The van der Waals surface area contributed by atoms with E-state index in [0.29, 0.717) is 0 Å². The Bertz CT molecular complexity index is 491. The Labute approximate surface area is 109 Å². The first-order valence-corrected chi connectivity index (χ1v) is 6.28. The summed E-state index contributed by atoms with van der Waals surface area (Å²) in [6, 6.07) is 16.6. The minimum atomic E-state index is 0.773. The fraction of sp³-hybridized carbons (Fsp3) is 0.250. The number of nitrogens with one attached hydrogen (secondary N) is 1. The van der Waals surface area contributed by atoms with Crippen molar-refractivity contribution in [1.82, 2.24) is 0 Å². The van der Waals surface area contributed by atoms with E-state index in [0.717, 1.165) is 24.4 Å². The van der Waals surface area contributed by atoms with Gasteiger partial charge in [0.1, 0.15) is 5.75 Å². The van der Waals surface area contributed by atoms with Gasteiger partial charge in [-0.3, -0.25) is 0 Å². The van der Waals surface area contributed by atoms with Crippen molar-refractivity contribution >= 4 is 5.69 Å². The van der Waals surface area contributed by atoms with Crippen molar-refractivity contribution in [2.45, 2.75) is 19.9 Å². The molecule has 0 amide bonds. The lowest BCUT2D eigenvalue weighted by molar-refractivity contribution is 0.410. The van der Waals surface area contributed by atoms with Crippen molar-refractivity contribution in [3.63, 3.8) is 0 Å². The molecule has 0 heterocycles. The summed E-state index contributed by atoms with van der Waals surface area (Å²) in [6.45, 7) is 2.94. The molecule has 0 bridgehead atoms. The molecule has 1 N–H and O–H groups in total. The molecule has 2 rings (SSSR count). The van der Waals surface area contributed by atoms with Gasteiger partial charge in [-0.2, -0.15) is 0 Å². The summed E-state index contributed by atoms with van der Waals surface area (Å²) in [4.78, 5) is 0. The molecule has 0 aliphatic rings.